The predicted octanol–water partition coefficient (Wildman–Crippen LogP) is 6.06. The normalized spacial score (nSPS) is 21.2. The molecule has 8 heteroatoms. The van der Waals surface area contributed by atoms with Crippen molar-refractivity contribution in [3.8, 4) is 0 Å². The van der Waals surface area contributed by atoms with Gasteiger partial charge in [0.05, 0.1) is 11.4 Å². The molecule has 0 radical (unpaired) electrons. The largest absolute Gasteiger partial charge is 0.481 e. The number of aryl methyl sites for hydroxylation is 1. The number of hydrogen-bond acceptors (Lipinski definition) is 6. The van der Waals surface area contributed by atoms with Crippen LogP contribution >= 0.6 is 0 Å². The van der Waals surface area contributed by atoms with E-state index in [1.54, 1.807) is 0 Å². The van der Waals surface area contributed by atoms with E-state index in [2.05, 4.69) is 36.4 Å². The summed E-state index contributed by atoms with van der Waals surface area (Å²) >= 11 is 0. The van der Waals surface area contributed by atoms with E-state index in [1.165, 1.54) is 6.42 Å². The second-order valence-corrected chi connectivity index (χ2v) is 11.5. The first-order valence-corrected chi connectivity index (χ1v) is 12.5. The van der Waals surface area contributed by atoms with Crippen LogP contribution < -0.4 is 5.32 Å². The standard InChI is InChI=1S/C26H37N3O5/c1-14-15(2)28-34-25(14)27-20(30)12-18(8-9-21(31)32)23-22(17-6-7-17)24(33-29-23)19-10-16(11-19)13-26(3,4)5/h16-19H,6-13H2,1-5H3,(H,27,30)(H,31,32)/t16-,18-,19+/m0/s1. The first-order valence-electron chi connectivity index (χ1n) is 12.5. The Balaban J connectivity index is 1.51. The molecule has 2 aromatic rings. The van der Waals surface area contributed by atoms with Crippen molar-refractivity contribution < 1.29 is 23.7 Å². The zero-order valence-electron chi connectivity index (χ0n) is 20.9. The number of rotatable bonds is 10. The Morgan fingerprint density at radius 2 is 1.82 bits per heavy atom. The molecule has 34 heavy (non-hydrogen) atoms. The van der Waals surface area contributed by atoms with Crippen molar-refractivity contribution in [2.75, 3.05) is 5.32 Å². The van der Waals surface area contributed by atoms with Crippen LogP contribution in [-0.2, 0) is 9.59 Å². The molecule has 0 unspecified atom stereocenters. The van der Waals surface area contributed by atoms with Gasteiger partial charge in [0, 0.05) is 35.8 Å². The summed E-state index contributed by atoms with van der Waals surface area (Å²) in [5.41, 5.74) is 3.75. The number of carbonyl (C=O) groups is 2. The number of aromatic nitrogens is 2. The predicted molar refractivity (Wildman–Crippen MR) is 127 cm³/mol. The molecule has 2 aromatic heterocycles. The number of carboxylic acids is 1. The Kier molecular flexibility index (Phi) is 6.87. The maximum atomic E-state index is 12.9. The number of hydrogen-bond donors (Lipinski definition) is 2. The first-order chi connectivity index (χ1) is 16.0. The van der Waals surface area contributed by atoms with Gasteiger partial charge in [0.1, 0.15) is 5.76 Å². The zero-order chi connectivity index (χ0) is 24.6. The average Bonchev–Trinajstić information content (AvgIpc) is 3.40. The summed E-state index contributed by atoms with van der Waals surface area (Å²) < 4.78 is 11.1. The highest BCUT2D eigenvalue weighted by Gasteiger charge is 2.42. The Morgan fingerprint density at radius 1 is 1.12 bits per heavy atom. The highest BCUT2D eigenvalue weighted by molar-refractivity contribution is 5.90. The molecule has 0 bridgehead atoms. The van der Waals surface area contributed by atoms with Crippen molar-refractivity contribution in [2.24, 2.45) is 11.3 Å². The quantitative estimate of drug-likeness (QED) is 0.432. The molecule has 0 saturated heterocycles. The van der Waals surface area contributed by atoms with Crippen LogP contribution in [0.5, 0.6) is 0 Å². The lowest BCUT2D eigenvalue weighted by Gasteiger charge is -2.38. The summed E-state index contributed by atoms with van der Waals surface area (Å²) in [6.07, 6.45) is 6.02. The molecule has 8 nitrogen and oxygen atoms in total. The number of nitrogens with zero attached hydrogens (tertiary/aromatic N) is 2. The van der Waals surface area contributed by atoms with Crippen LogP contribution in [0, 0.1) is 25.2 Å². The van der Waals surface area contributed by atoms with Gasteiger partial charge in [0.15, 0.2) is 0 Å². The summed E-state index contributed by atoms with van der Waals surface area (Å²) in [6, 6.07) is 0. The Labute approximate surface area is 200 Å². The van der Waals surface area contributed by atoms with E-state index in [-0.39, 0.29) is 24.7 Å². The second kappa shape index (κ2) is 9.55. The molecule has 186 valence electrons. The lowest BCUT2D eigenvalue weighted by atomic mass is 9.66. The smallest absolute Gasteiger partial charge is 0.303 e. The third-order valence-corrected chi connectivity index (χ3v) is 7.21. The average molecular weight is 472 g/mol. The van der Waals surface area contributed by atoms with E-state index >= 15 is 0 Å². The number of carbonyl (C=O) groups excluding carboxylic acids is 1. The van der Waals surface area contributed by atoms with Gasteiger partial charge in [-0.25, -0.2) is 0 Å². The lowest BCUT2D eigenvalue weighted by Crippen LogP contribution is -2.26. The third-order valence-electron chi connectivity index (χ3n) is 7.21. The topological polar surface area (TPSA) is 118 Å². The second-order valence-electron chi connectivity index (χ2n) is 11.5. The van der Waals surface area contributed by atoms with Gasteiger partial charge in [-0.2, -0.15) is 0 Å². The van der Waals surface area contributed by atoms with Crippen LogP contribution in [0.1, 0.15) is 118 Å². The van der Waals surface area contributed by atoms with Crippen LogP contribution in [0.2, 0.25) is 0 Å². The van der Waals surface area contributed by atoms with Crippen LogP contribution in [0.25, 0.3) is 0 Å². The maximum Gasteiger partial charge on any atom is 0.303 e. The van der Waals surface area contributed by atoms with E-state index in [1.807, 2.05) is 13.8 Å². The Bertz CT molecular complexity index is 1040. The van der Waals surface area contributed by atoms with E-state index in [4.69, 9.17) is 9.05 Å². The molecular weight excluding hydrogens is 434 g/mol. The minimum absolute atomic E-state index is 0.0260. The number of carboxylic acid groups (broad SMARTS) is 1. The molecule has 2 aliphatic rings. The van der Waals surface area contributed by atoms with Crippen LogP contribution in [-0.4, -0.2) is 27.3 Å². The van der Waals surface area contributed by atoms with E-state index < -0.39 is 5.97 Å². The van der Waals surface area contributed by atoms with Crippen LogP contribution in [0.3, 0.4) is 0 Å². The molecule has 2 heterocycles. The Morgan fingerprint density at radius 3 is 2.38 bits per heavy atom. The van der Waals surface area contributed by atoms with E-state index in [9.17, 15) is 14.7 Å². The summed E-state index contributed by atoms with van der Waals surface area (Å²) in [5.74, 6) is 1.35. The molecule has 1 atom stereocenters. The van der Waals surface area contributed by atoms with Gasteiger partial charge in [-0.05, 0) is 69.6 Å². The summed E-state index contributed by atoms with van der Waals surface area (Å²) in [7, 11) is 0. The molecule has 2 fully saturated rings. The zero-order valence-corrected chi connectivity index (χ0v) is 20.9. The van der Waals surface area contributed by atoms with Crippen molar-refractivity contribution in [3.05, 3.63) is 28.3 Å². The number of anilines is 1. The minimum Gasteiger partial charge on any atom is -0.481 e. The molecule has 0 aliphatic heterocycles. The summed E-state index contributed by atoms with van der Waals surface area (Å²) in [4.78, 5) is 24.2. The monoisotopic (exact) mass is 471 g/mol. The highest BCUT2D eigenvalue weighted by Crippen LogP contribution is 2.53. The molecule has 2 saturated carbocycles. The number of nitrogens with one attached hydrogen (secondary N) is 1. The third kappa shape index (κ3) is 5.70. The van der Waals surface area contributed by atoms with Crippen LogP contribution in [0.15, 0.2) is 9.05 Å². The minimum atomic E-state index is -0.882. The van der Waals surface area contributed by atoms with Gasteiger partial charge in [-0.3, -0.25) is 14.9 Å². The molecule has 4 rings (SSSR count). The van der Waals surface area contributed by atoms with E-state index in [0.29, 0.717) is 35.5 Å². The van der Waals surface area contributed by atoms with Gasteiger partial charge in [-0.15, -0.1) is 0 Å². The lowest BCUT2D eigenvalue weighted by molar-refractivity contribution is -0.137. The van der Waals surface area contributed by atoms with Gasteiger partial charge >= 0.3 is 5.97 Å². The van der Waals surface area contributed by atoms with Crippen molar-refractivity contribution in [3.63, 3.8) is 0 Å². The van der Waals surface area contributed by atoms with Crippen molar-refractivity contribution in [2.45, 2.75) is 104 Å². The maximum absolute atomic E-state index is 12.9. The summed E-state index contributed by atoms with van der Waals surface area (Å²) in [6.45, 7) is 10.5. The fourth-order valence-electron chi connectivity index (χ4n) is 5.24. The van der Waals surface area contributed by atoms with Crippen molar-refractivity contribution in [1.82, 2.24) is 10.3 Å². The number of aliphatic carboxylic acids is 1. The van der Waals surface area contributed by atoms with Crippen LogP contribution in [0.4, 0.5) is 5.88 Å². The van der Waals surface area contributed by atoms with Gasteiger partial charge < -0.3 is 14.2 Å². The first kappa shape index (κ1) is 24.5. The fraction of sp³-hybridized carbons (Fsp3) is 0.692. The molecule has 2 N–H and O–H groups in total. The van der Waals surface area contributed by atoms with Crippen molar-refractivity contribution in [1.29, 1.82) is 0 Å². The van der Waals surface area contributed by atoms with Crippen molar-refractivity contribution >= 4 is 17.8 Å². The highest BCUT2D eigenvalue weighted by atomic mass is 16.5. The van der Waals surface area contributed by atoms with Gasteiger partial charge in [0.25, 0.3) is 0 Å². The molecule has 0 spiro atoms. The summed E-state index contributed by atoms with van der Waals surface area (Å²) in [5, 5.41) is 20.4. The Hall–Kier alpha value is -2.64. The van der Waals surface area contributed by atoms with Gasteiger partial charge in [-0.1, -0.05) is 31.1 Å². The fourth-order valence-corrected chi connectivity index (χ4v) is 5.24. The van der Waals surface area contributed by atoms with E-state index in [0.717, 1.165) is 54.0 Å². The molecule has 0 aromatic carbocycles. The molecule has 1 amide bonds. The SMILES string of the molecule is Cc1noc(NC(=O)C[C@H](CCC(=O)O)c2noc([C@H]3C[C@@H](CC(C)(C)C)C3)c2C2CC2)c1C. The molecular formula is C26H37N3O5. The number of amides is 1. The molecule has 2 aliphatic carbocycles. The van der Waals surface area contributed by atoms with Gasteiger partial charge in [0.2, 0.25) is 11.8 Å².